The summed E-state index contributed by atoms with van der Waals surface area (Å²) in [6.07, 6.45) is 6.98. The van der Waals surface area contributed by atoms with Gasteiger partial charge in [-0.3, -0.25) is 4.90 Å². The van der Waals surface area contributed by atoms with Gasteiger partial charge in [0.25, 0.3) is 0 Å². The molecule has 0 saturated carbocycles. The first-order chi connectivity index (χ1) is 18.4. The Kier molecular flexibility index (Phi) is 8.21. The van der Waals surface area contributed by atoms with Crippen LogP contribution in [0.2, 0.25) is 0 Å². The van der Waals surface area contributed by atoms with Crippen LogP contribution in [0, 0.1) is 11.6 Å². The van der Waals surface area contributed by atoms with Crippen LogP contribution in [-0.2, 0) is 12.1 Å². The van der Waals surface area contributed by atoms with Gasteiger partial charge in [0.05, 0.1) is 6.54 Å². The second-order valence-corrected chi connectivity index (χ2v) is 10.6. The standard InChI is InChI=1S/C28H36F2N6O2/c1-34-12-10-25(11-13-34)38-24-5-3-22(4-6-24)33-23-8-14-35(15-9-23)17-28(37,18-36-20-31-19-32-36)26-7-2-21(29)16-27(26)30/h2-7,16,19-20,23,25,33,37H,8-15,17-18H2,1H3. The summed E-state index contributed by atoms with van der Waals surface area (Å²) in [7, 11) is 2.14. The van der Waals surface area contributed by atoms with E-state index in [4.69, 9.17) is 4.74 Å². The van der Waals surface area contributed by atoms with Gasteiger partial charge < -0.3 is 20.1 Å². The number of halogens is 2. The van der Waals surface area contributed by atoms with E-state index in [1.807, 2.05) is 12.1 Å². The Morgan fingerprint density at radius 1 is 1.00 bits per heavy atom. The number of likely N-dealkylation sites (tertiary alicyclic amines) is 2. The predicted molar refractivity (Wildman–Crippen MR) is 141 cm³/mol. The normalized spacial score (nSPS) is 19.8. The van der Waals surface area contributed by atoms with Gasteiger partial charge in [-0.15, -0.1) is 0 Å². The summed E-state index contributed by atoms with van der Waals surface area (Å²) < 4.78 is 35.9. The Morgan fingerprint density at radius 2 is 1.74 bits per heavy atom. The molecule has 0 radical (unpaired) electrons. The van der Waals surface area contributed by atoms with Crippen molar-refractivity contribution in [2.75, 3.05) is 45.1 Å². The number of hydrogen-bond donors (Lipinski definition) is 2. The zero-order valence-corrected chi connectivity index (χ0v) is 21.8. The predicted octanol–water partition coefficient (Wildman–Crippen LogP) is 3.49. The van der Waals surface area contributed by atoms with E-state index in [2.05, 4.69) is 44.4 Å². The molecule has 2 N–H and O–H groups in total. The summed E-state index contributed by atoms with van der Waals surface area (Å²) in [4.78, 5) is 8.38. The first-order valence-corrected chi connectivity index (χ1v) is 13.3. The van der Waals surface area contributed by atoms with E-state index in [-0.39, 0.29) is 30.8 Å². The van der Waals surface area contributed by atoms with Gasteiger partial charge >= 0.3 is 0 Å². The minimum atomic E-state index is -1.59. The number of aliphatic hydroxyl groups is 1. The lowest BCUT2D eigenvalue weighted by molar-refractivity contribution is -0.0260. The van der Waals surface area contributed by atoms with Crippen LogP contribution in [0.15, 0.2) is 55.1 Å². The maximum Gasteiger partial charge on any atom is 0.137 e. The number of rotatable bonds is 9. The monoisotopic (exact) mass is 526 g/mol. The fourth-order valence-electron chi connectivity index (χ4n) is 5.44. The molecule has 3 heterocycles. The first kappa shape index (κ1) is 26.5. The van der Waals surface area contributed by atoms with Crippen LogP contribution in [-0.4, -0.2) is 81.6 Å². The van der Waals surface area contributed by atoms with Crippen molar-refractivity contribution in [2.45, 2.75) is 50.0 Å². The molecule has 5 rings (SSSR count). The lowest BCUT2D eigenvalue weighted by atomic mass is 9.91. The minimum absolute atomic E-state index is 0.0136. The second-order valence-electron chi connectivity index (χ2n) is 10.6. The van der Waals surface area contributed by atoms with Gasteiger partial charge in [0.1, 0.15) is 41.7 Å². The largest absolute Gasteiger partial charge is 0.490 e. The molecule has 1 aromatic heterocycles. The van der Waals surface area contributed by atoms with Crippen molar-refractivity contribution < 1.29 is 18.6 Å². The maximum absolute atomic E-state index is 14.7. The Bertz CT molecular complexity index is 1160. The first-order valence-electron chi connectivity index (χ1n) is 13.3. The highest BCUT2D eigenvalue weighted by atomic mass is 19.1. The van der Waals surface area contributed by atoms with Gasteiger partial charge in [-0.05, 0) is 63.1 Å². The van der Waals surface area contributed by atoms with Gasteiger partial charge in [0.15, 0.2) is 0 Å². The number of aromatic nitrogens is 3. The molecule has 0 spiro atoms. The number of β-amino-alcohol motifs (C(OH)–C–C–N with tert-alkyl or cyclic N) is 1. The summed E-state index contributed by atoms with van der Waals surface area (Å²) >= 11 is 0. The average Bonchev–Trinajstić information content (AvgIpc) is 3.40. The Morgan fingerprint density at radius 3 is 2.39 bits per heavy atom. The lowest BCUT2D eigenvalue weighted by Crippen LogP contribution is -2.48. The van der Waals surface area contributed by atoms with E-state index in [1.165, 1.54) is 29.5 Å². The molecule has 8 nitrogen and oxygen atoms in total. The van der Waals surface area contributed by atoms with Gasteiger partial charge in [0.2, 0.25) is 0 Å². The Hall–Kier alpha value is -3.08. The molecular formula is C28H36F2N6O2. The van der Waals surface area contributed by atoms with Crippen LogP contribution in [0.25, 0.3) is 0 Å². The molecule has 2 saturated heterocycles. The smallest absolute Gasteiger partial charge is 0.137 e. The molecule has 1 atom stereocenters. The van der Waals surface area contributed by atoms with Crippen molar-refractivity contribution in [3.63, 3.8) is 0 Å². The van der Waals surface area contributed by atoms with Gasteiger partial charge in [-0.1, -0.05) is 6.07 Å². The van der Waals surface area contributed by atoms with Crippen molar-refractivity contribution in [1.82, 2.24) is 24.6 Å². The van der Waals surface area contributed by atoms with Crippen LogP contribution >= 0.6 is 0 Å². The third-order valence-electron chi connectivity index (χ3n) is 7.59. The van der Waals surface area contributed by atoms with Crippen LogP contribution in [0.3, 0.4) is 0 Å². The zero-order valence-electron chi connectivity index (χ0n) is 21.8. The van der Waals surface area contributed by atoms with Gasteiger partial charge in [-0.2, -0.15) is 5.10 Å². The number of anilines is 1. The third-order valence-corrected chi connectivity index (χ3v) is 7.59. The number of ether oxygens (including phenoxy) is 1. The van der Waals surface area contributed by atoms with Crippen LogP contribution in [0.4, 0.5) is 14.5 Å². The van der Waals surface area contributed by atoms with Crippen LogP contribution in [0.1, 0.15) is 31.2 Å². The topological polar surface area (TPSA) is 78.7 Å². The fourth-order valence-corrected chi connectivity index (χ4v) is 5.44. The van der Waals surface area contributed by atoms with E-state index in [0.29, 0.717) is 0 Å². The molecule has 2 aromatic carbocycles. The van der Waals surface area contributed by atoms with Gasteiger partial charge in [-0.25, -0.2) is 18.4 Å². The van der Waals surface area contributed by atoms with E-state index < -0.39 is 17.2 Å². The SMILES string of the molecule is CN1CCC(Oc2ccc(NC3CCN(CC(O)(Cn4cncn4)c4ccc(F)cc4F)CC3)cc2)CC1. The highest BCUT2D eigenvalue weighted by molar-refractivity contribution is 5.47. The Labute approximate surface area is 222 Å². The number of benzene rings is 2. The second kappa shape index (κ2) is 11.8. The maximum atomic E-state index is 14.7. The number of nitrogens with one attached hydrogen (secondary N) is 1. The molecule has 204 valence electrons. The summed E-state index contributed by atoms with van der Waals surface area (Å²) in [5.41, 5.74) is -0.484. The van der Waals surface area contributed by atoms with E-state index >= 15 is 0 Å². The van der Waals surface area contributed by atoms with Gasteiger partial charge in [0, 0.05) is 56.1 Å². The van der Waals surface area contributed by atoms with Crippen molar-refractivity contribution in [3.8, 4) is 5.75 Å². The molecular weight excluding hydrogens is 490 g/mol. The fraction of sp³-hybridized carbons (Fsp3) is 0.500. The van der Waals surface area contributed by atoms with Crippen molar-refractivity contribution in [2.24, 2.45) is 0 Å². The molecule has 0 bridgehead atoms. The minimum Gasteiger partial charge on any atom is -0.490 e. The van der Waals surface area contributed by atoms with E-state index in [0.717, 1.165) is 69.4 Å². The zero-order chi connectivity index (χ0) is 26.5. The van der Waals surface area contributed by atoms with E-state index in [9.17, 15) is 13.9 Å². The van der Waals surface area contributed by atoms with Crippen LogP contribution in [0.5, 0.6) is 5.75 Å². The highest BCUT2D eigenvalue weighted by Crippen LogP contribution is 2.29. The quantitative estimate of drug-likeness (QED) is 0.442. The third kappa shape index (κ3) is 6.67. The van der Waals surface area contributed by atoms with Crippen molar-refractivity contribution >= 4 is 5.69 Å². The molecule has 10 heteroatoms. The molecule has 0 aliphatic carbocycles. The molecule has 2 aliphatic rings. The lowest BCUT2D eigenvalue weighted by Gasteiger charge is -2.38. The molecule has 1 unspecified atom stereocenters. The molecule has 2 aliphatic heterocycles. The number of hydrogen-bond acceptors (Lipinski definition) is 7. The highest BCUT2D eigenvalue weighted by Gasteiger charge is 2.36. The van der Waals surface area contributed by atoms with Crippen LogP contribution < -0.4 is 10.1 Å². The summed E-state index contributed by atoms with van der Waals surface area (Å²) in [5, 5.41) is 19.3. The van der Waals surface area contributed by atoms with Crippen molar-refractivity contribution in [1.29, 1.82) is 0 Å². The number of nitrogens with zero attached hydrogens (tertiary/aromatic N) is 5. The molecule has 3 aromatic rings. The molecule has 2 fully saturated rings. The Balaban J connectivity index is 1.16. The molecule has 0 amide bonds. The average molecular weight is 527 g/mol. The van der Waals surface area contributed by atoms with Crippen molar-refractivity contribution in [3.05, 3.63) is 72.3 Å². The summed E-state index contributed by atoms with van der Waals surface area (Å²) in [6.45, 7) is 3.82. The molecule has 38 heavy (non-hydrogen) atoms. The summed E-state index contributed by atoms with van der Waals surface area (Å²) in [6, 6.07) is 11.8. The summed E-state index contributed by atoms with van der Waals surface area (Å²) in [5.74, 6) is -0.547. The van der Waals surface area contributed by atoms with E-state index in [1.54, 1.807) is 0 Å². The number of piperidine rings is 2.